The lowest BCUT2D eigenvalue weighted by molar-refractivity contribution is -0.143. The van der Waals surface area contributed by atoms with E-state index in [1.807, 2.05) is 12.1 Å². The third-order valence-corrected chi connectivity index (χ3v) is 5.77. The van der Waals surface area contributed by atoms with Crippen LogP contribution in [0.25, 0.3) is 0 Å². The first kappa shape index (κ1) is 18.5. The van der Waals surface area contributed by atoms with Crippen molar-refractivity contribution in [2.45, 2.75) is 62.6 Å². The summed E-state index contributed by atoms with van der Waals surface area (Å²) in [5, 5.41) is 28.8. The van der Waals surface area contributed by atoms with Crippen molar-refractivity contribution in [3.05, 3.63) is 23.8 Å². The molecule has 2 aliphatic rings. The number of nitrogens with zero attached hydrogens (tertiary/aromatic N) is 1. The number of benzene rings is 1. The van der Waals surface area contributed by atoms with Gasteiger partial charge in [-0.25, -0.2) is 0 Å². The van der Waals surface area contributed by atoms with E-state index in [4.69, 9.17) is 9.47 Å². The van der Waals surface area contributed by atoms with Crippen LogP contribution in [0, 0.1) is 17.2 Å². The van der Waals surface area contributed by atoms with Crippen LogP contribution < -0.4 is 9.47 Å². The maximum Gasteiger partial charge on any atom is 0.306 e. The van der Waals surface area contributed by atoms with Crippen LogP contribution in [0.1, 0.15) is 50.5 Å². The van der Waals surface area contributed by atoms with E-state index >= 15 is 0 Å². The van der Waals surface area contributed by atoms with Crippen molar-refractivity contribution in [1.29, 1.82) is 5.26 Å². The molecule has 0 amide bonds. The Morgan fingerprint density at radius 2 is 1.96 bits per heavy atom. The summed E-state index contributed by atoms with van der Waals surface area (Å²) in [6, 6.07) is 7.96. The van der Waals surface area contributed by atoms with Crippen molar-refractivity contribution in [2.75, 3.05) is 7.11 Å². The smallest absolute Gasteiger partial charge is 0.306 e. The Kier molecular flexibility index (Phi) is 5.38. The lowest BCUT2D eigenvalue weighted by Gasteiger charge is -2.34. The summed E-state index contributed by atoms with van der Waals surface area (Å²) in [5.74, 6) is 0.0297. The molecule has 1 aromatic carbocycles. The second-order valence-electron chi connectivity index (χ2n) is 7.38. The van der Waals surface area contributed by atoms with Gasteiger partial charge in [-0.3, -0.25) is 4.79 Å². The Balaban J connectivity index is 1.84. The minimum Gasteiger partial charge on any atom is -0.493 e. The summed E-state index contributed by atoms with van der Waals surface area (Å²) in [5.41, 5.74) is 0.157. The van der Waals surface area contributed by atoms with Crippen molar-refractivity contribution in [3.8, 4) is 17.6 Å². The van der Waals surface area contributed by atoms with Crippen molar-refractivity contribution in [3.63, 3.8) is 0 Å². The highest BCUT2D eigenvalue weighted by Crippen LogP contribution is 2.44. The summed E-state index contributed by atoms with van der Waals surface area (Å²) >= 11 is 0. The second-order valence-corrected chi connectivity index (χ2v) is 7.38. The average molecular weight is 359 g/mol. The van der Waals surface area contributed by atoms with E-state index in [2.05, 4.69) is 6.07 Å². The van der Waals surface area contributed by atoms with Crippen LogP contribution in [0.2, 0.25) is 0 Å². The lowest BCUT2D eigenvalue weighted by Crippen LogP contribution is -2.33. The van der Waals surface area contributed by atoms with Crippen LogP contribution in [0.3, 0.4) is 0 Å². The average Bonchev–Trinajstić information content (AvgIpc) is 3.06. The SMILES string of the molecule is COc1ccc(C2(C#N)CCC(C(=O)O)CC2)cc1O[C@@H]1CC[C@H](O)C1. The van der Waals surface area contributed by atoms with Crippen LogP contribution in [-0.2, 0) is 10.2 Å². The molecule has 6 heteroatoms. The van der Waals surface area contributed by atoms with Gasteiger partial charge in [0.15, 0.2) is 11.5 Å². The maximum atomic E-state index is 11.2. The highest BCUT2D eigenvalue weighted by atomic mass is 16.5. The second kappa shape index (κ2) is 7.55. The topological polar surface area (TPSA) is 99.8 Å². The van der Waals surface area contributed by atoms with E-state index in [1.165, 1.54) is 0 Å². The standard InChI is InChI=1S/C20H25NO5/c1-25-17-5-2-14(10-18(17)26-16-4-3-15(22)11-16)20(12-21)8-6-13(7-9-20)19(23)24/h2,5,10,13,15-16,22H,3-4,6-9,11H2,1H3,(H,23,24)/t13?,15-,16+,20?/m0/s1. The molecule has 2 fully saturated rings. The molecule has 2 N–H and O–H groups in total. The molecule has 0 aromatic heterocycles. The van der Waals surface area contributed by atoms with Crippen LogP contribution in [0.4, 0.5) is 0 Å². The summed E-state index contributed by atoms with van der Waals surface area (Å²) in [6.07, 6.45) is 3.77. The Bertz CT molecular complexity index is 703. The fourth-order valence-corrected chi connectivity index (χ4v) is 4.09. The summed E-state index contributed by atoms with van der Waals surface area (Å²) in [4.78, 5) is 11.2. The molecule has 0 spiro atoms. The number of nitriles is 1. The highest BCUT2D eigenvalue weighted by molar-refractivity contribution is 5.70. The number of aliphatic carboxylic acids is 1. The number of hydrogen-bond acceptors (Lipinski definition) is 5. The Hall–Kier alpha value is -2.26. The molecule has 2 saturated carbocycles. The van der Waals surface area contributed by atoms with E-state index in [9.17, 15) is 20.3 Å². The molecule has 2 aliphatic carbocycles. The maximum absolute atomic E-state index is 11.2. The van der Waals surface area contributed by atoms with Crippen LogP contribution in [0.5, 0.6) is 11.5 Å². The molecule has 0 heterocycles. The molecule has 0 saturated heterocycles. The largest absolute Gasteiger partial charge is 0.493 e. The molecule has 6 nitrogen and oxygen atoms in total. The minimum atomic E-state index is -0.782. The predicted molar refractivity (Wildman–Crippen MR) is 94.2 cm³/mol. The molecule has 140 valence electrons. The van der Waals surface area contributed by atoms with E-state index in [1.54, 1.807) is 13.2 Å². The Morgan fingerprint density at radius 1 is 1.23 bits per heavy atom. The zero-order valence-electron chi connectivity index (χ0n) is 15.0. The van der Waals surface area contributed by atoms with E-state index in [-0.39, 0.29) is 18.1 Å². The zero-order chi connectivity index (χ0) is 18.7. The summed E-state index contributed by atoms with van der Waals surface area (Å²) in [7, 11) is 1.57. The number of carboxylic acid groups (broad SMARTS) is 1. The quantitative estimate of drug-likeness (QED) is 0.838. The number of aliphatic hydroxyl groups excluding tert-OH is 1. The van der Waals surface area contributed by atoms with Gasteiger partial charge in [0.1, 0.15) is 6.10 Å². The van der Waals surface area contributed by atoms with Crippen LogP contribution >= 0.6 is 0 Å². The molecular formula is C20H25NO5. The summed E-state index contributed by atoms with van der Waals surface area (Å²) in [6.45, 7) is 0. The fraction of sp³-hybridized carbons (Fsp3) is 0.600. The molecule has 0 aliphatic heterocycles. The fourth-order valence-electron chi connectivity index (χ4n) is 4.09. The highest BCUT2D eigenvalue weighted by Gasteiger charge is 2.39. The van der Waals surface area contributed by atoms with Crippen molar-refractivity contribution >= 4 is 5.97 Å². The van der Waals surface area contributed by atoms with Gasteiger partial charge in [-0.15, -0.1) is 0 Å². The molecule has 0 bridgehead atoms. The monoisotopic (exact) mass is 359 g/mol. The van der Waals surface area contributed by atoms with Gasteiger partial charge in [-0.05, 0) is 56.2 Å². The summed E-state index contributed by atoms with van der Waals surface area (Å²) < 4.78 is 11.5. The van der Waals surface area contributed by atoms with Gasteiger partial charge >= 0.3 is 5.97 Å². The Morgan fingerprint density at radius 3 is 2.50 bits per heavy atom. The number of ether oxygens (including phenoxy) is 2. The molecule has 1 aromatic rings. The number of carbonyl (C=O) groups is 1. The Labute approximate surface area is 153 Å². The van der Waals surface area contributed by atoms with Gasteiger partial charge in [0.2, 0.25) is 0 Å². The first-order chi connectivity index (χ1) is 12.5. The van der Waals surface area contributed by atoms with E-state index in [0.717, 1.165) is 18.4 Å². The molecule has 0 unspecified atom stereocenters. The van der Waals surface area contributed by atoms with Crippen LogP contribution in [0.15, 0.2) is 18.2 Å². The molecular weight excluding hydrogens is 334 g/mol. The predicted octanol–water partition coefficient (Wildman–Crippen LogP) is 3.02. The van der Waals surface area contributed by atoms with Crippen molar-refractivity contribution < 1.29 is 24.5 Å². The van der Waals surface area contributed by atoms with Gasteiger partial charge < -0.3 is 19.7 Å². The third kappa shape index (κ3) is 3.63. The van der Waals surface area contributed by atoms with Crippen molar-refractivity contribution in [1.82, 2.24) is 0 Å². The number of aliphatic hydroxyl groups is 1. The molecule has 2 atom stereocenters. The number of rotatable bonds is 5. The number of carboxylic acids is 1. The first-order valence-electron chi connectivity index (χ1n) is 9.15. The lowest BCUT2D eigenvalue weighted by atomic mass is 9.67. The van der Waals surface area contributed by atoms with Gasteiger partial charge in [-0.1, -0.05) is 6.07 Å². The van der Waals surface area contributed by atoms with Gasteiger partial charge in [-0.2, -0.15) is 5.26 Å². The minimum absolute atomic E-state index is 0.0602. The van der Waals surface area contributed by atoms with Gasteiger partial charge in [0.25, 0.3) is 0 Å². The first-order valence-corrected chi connectivity index (χ1v) is 9.15. The molecule has 26 heavy (non-hydrogen) atoms. The van der Waals surface area contributed by atoms with Crippen LogP contribution in [-0.4, -0.2) is 35.5 Å². The molecule has 0 radical (unpaired) electrons. The van der Waals surface area contributed by atoms with E-state index in [0.29, 0.717) is 43.6 Å². The number of methoxy groups -OCH3 is 1. The molecule has 3 rings (SSSR count). The van der Waals surface area contributed by atoms with Gasteiger partial charge in [0, 0.05) is 6.42 Å². The van der Waals surface area contributed by atoms with E-state index < -0.39 is 11.4 Å². The van der Waals surface area contributed by atoms with Crippen molar-refractivity contribution in [2.24, 2.45) is 5.92 Å². The third-order valence-electron chi connectivity index (χ3n) is 5.77. The number of hydrogen-bond donors (Lipinski definition) is 2. The normalized spacial score (nSPS) is 31.2. The van der Waals surface area contributed by atoms with Gasteiger partial charge in [0.05, 0.1) is 30.6 Å². The zero-order valence-corrected chi connectivity index (χ0v) is 15.0.